The minimum Gasteiger partial charge on any atom is -0.444 e. The standard InChI is InChI=1S/C11H22N2O3/c1-10(2,3)16-9(15)13-5-8(6-14)11(4,12)7-13/h8,14H,5-7,12H2,1-4H3/t8-,11-/m1/s1. The summed E-state index contributed by atoms with van der Waals surface area (Å²) in [6, 6.07) is 0. The average Bonchev–Trinajstić information content (AvgIpc) is 2.37. The fourth-order valence-electron chi connectivity index (χ4n) is 1.81. The van der Waals surface area contributed by atoms with E-state index in [0.29, 0.717) is 13.1 Å². The molecule has 1 aliphatic heterocycles. The van der Waals surface area contributed by atoms with Crippen molar-refractivity contribution in [1.29, 1.82) is 0 Å². The van der Waals surface area contributed by atoms with E-state index < -0.39 is 11.1 Å². The van der Waals surface area contributed by atoms with E-state index in [1.165, 1.54) is 0 Å². The van der Waals surface area contributed by atoms with Crippen LogP contribution in [0.4, 0.5) is 4.79 Å². The number of aliphatic hydroxyl groups excluding tert-OH is 1. The molecule has 5 nitrogen and oxygen atoms in total. The number of hydrogen-bond acceptors (Lipinski definition) is 4. The molecule has 0 spiro atoms. The highest BCUT2D eigenvalue weighted by Gasteiger charge is 2.42. The van der Waals surface area contributed by atoms with E-state index in [1.54, 1.807) is 4.90 Å². The maximum absolute atomic E-state index is 11.8. The second-order valence-corrected chi connectivity index (χ2v) is 5.75. The lowest BCUT2D eigenvalue weighted by molar-refractivity contribution is 0.0280. The van der Waals surface area contributed by atoms with Crippen molar-refractivity contribution in [2.45, 2.75) is 38.8 Å². The molecule has 5 heteroatoms. The predicted octanol–water partition coefficient (Wildman–Crippen LogP) is 0.563. The van der Waals surface area contributed by atoms with Crippen molar-refractivity contribution < 1.29 is 14.6 Å². The molecular formula is C11H22N2O3. The Labute approximate surface area is 96.6 Å². The van der Waals surface area contributed by atoms with E-state index in [4.69, 9.17) is 10.5 Å². The number of amides is 1. The SMILES string of the molecule is CC(C)(C)OC(=O)N1C[C@H](CO)[C@](C)(N)C1. The Bertz CT molecular complexity index is 271. The van der Waals surface area contributed by atoms with E-state index in [9.17, 15) is 9.90 Å². The van der Waals surface area contributed by atoms with Gasteiger partial charge < -0.3 is 20.5 Å². The van der Waals surface area contributed by atoms with Crippen LogP contribution in [-0.2, 0) is 4.74 Å². The van der Waals surface area contributed by atoms with Gasteiger partial charge in [-0.15, -0.1) is 0 Å². The first-order chi connectivity index (χ1) is 7.15. The zero-order valence-corrected chi connectivity index (χ0v) is 10.5. The number of carbonyl (C=O) groups is 1. The molecular weight excluding hydrogens is 208 g/mol. The lowest BCUT2D eigenvalue weighted by atomic mass is 9.91. The number of aliphatic hydroxyl groups is 1. The van der Waals surface area contributed by atoms with Crippen LogP contribution in [0, 0.1) is 5.92 Å². The number of carbonyl (C=O) groups excluding carboxylic acids is 1. The fraction of sp³-hybridized carbons (Fsp3) is 0.909. The Balaban J connectivity index is 2.62. The second-order valence-electron chi connectivity index (χ2n) is 5.75. The largest absolute Gasteiger partial charge is 0.444 e. The van der Waals surface area contributed by atoms with Gasteiger partial charge in [0.2, 0.25) is 0 Å². The topological polar surface area (TPSA) is 75.8 Å². The van der Waals surface area contributed by atoms with Gasteiger partial charge in [-0.05, 0) is 27.7 Å². The van der Waals surface area contributed by atoms with Crippen molar-refractivity contribution in [2.75, 3.05) is 19.7 Å². The predicted molar refractivity (Wildman–Crippen MR) is 61.0 cm³/mol. The average molecular weight is 230 g/mol. The minimum atomic E-state index is -0.536. The molecule has 0 aromatic rings. The van der Waals surface area contributed by atoms with Crippen LogP contribution in [0.15, 0.2) is 0 Å². The molecule has 1 fully saturated rings. The lowest BCUT2D eigenvalue weighted by Gasteiger charge is -2.25. The Hall–Kier alpha value is -0.810. The third-order valence-corrected chi connectivity index (χ3v) is 2.78. The molecule has 1 rings (SSSR count). The first kappa shape index (κ1) is 13.3. The summed E-state index contributed by atoms with van der Waals surface area (Å²) in [7, 11) is 0. The highest BCUT2D eigenvalue weighted by molar-refractivity contribution is 5.68. The Kier molecular flexibility index (Phi) is 3.50. The molecule has 1 heterocycles. The Morgan fingerprint density at radius 3 is 2.56 bits per heavy atom. The summed E-state index contributed by atoms with van der Waals surface area (Å²) in [5.74, 6) is -0.0833. The summed E-state index contributed by atoms with van der Waals surface area (Å²) in [5.41, 5.74) is 4.98. The molecule has 0 bridgehead atoms. The highest BCUT2D eigenvalue weighted by Crippen LogP contribution is 2.26. The fourth-order valence-corrected chi connectivity index (χ4v) is 1.81. The third-order valence-electron chi connectivity index (χ3n) is 2.78. The number of ether oxygens (including phenoxy) is 1. The van der Waals surface area contributed by atoms with Crippen LogP contribution >= 0.6 is 0 Å². The molecule has 0 aliphatic carbocycles. The molecule has 1 saturated heterocycles. The van der Waals surface area contributed by atoms with Crippen molar-refractivity contribution in [3.8, 4) is 0 Å². The van der Waals surface area contributed by atoms with Gasteiger partial charge in [0.25, 0.3) is 0 Å². The van der Waals surface area contributed by atoms with Gasteiger partial charge in [-0.25, -0.2) is 4.79 Å². The van der Waals surface area contributed by atoms with Crippen LogP contribution in [0.2, 0.25) is 0 Å². The van der Waals surface area contributed by atoms with Gasteiger partial charge in [-0.3, -0.25) is 0 Å². The summed E-state index contributed by atoms with van der Waals surface area (Å²) in [6.07, 6.45) is -0.361. The molecule has 3 N–H and O–H groups in total. The molecule has 0 unspecified atom stereocenters. The Morgan fingerprint density at radius 2 is 2.19 bits per heavy atom. The number of hydrogen-bond donors (Lipinski definition) is 2. The normalized spacial score (nSPS) is 30.6. The van der Waals surface area contributed by atoms with Gasteiger partial charge in [0.1, 0.15) is 5.60 Å². The monoisotopic (exact) mass is 230 g/mol. The lowest BCUT2D eigenvalue weighted by Crippen LogP contribution is -2.46. The number of nitrogens with zero attached hydrogens (tertiary/aromatic N) is 1. The first-order valence-corrected chi connectivity index (χ1v) is 5.53. The first-order valence-electron chi connectivity index (χ1n) is 5.53. The van der Waals surface area contributed by atoms with Gasteiger partial charge >= 0.3 is 6.09 Å². The van der Waals surface area contributed by atoms with Crippen LogP contribution in [-0.4, -0.2) is 46.9 Å². The van der Waals surface area contributed by atoms with Crippen molar-refractivity contribution in [2.24, 2.45) is 11.7 Å². The zero-order chi connectivity index (χ0) is 12.6. The maximum atomic E-state index is 11.8. The molecule has 94 valence electrons. The molecule has 0 radical (unpaired) electrons. The molecule has 2 atom stereocenters. The van der Waals surface area contributed by atoms with E-state index in [1.807, 2.05) is 27.7 Å². The quantitative estimate of drug-likeness (QED) is 0.690. The van der Waals surface area contributed by atoms with Gasteiger partial charge in [0.05, 0.1) is 0 Å². The van der Waals surface area contributed by atoms with Crippen LogP contribution < -0.4 is 5.73 Å². The van der Waals surface area contributed by atoms with Gasteiger partial charge in [0.15, 0.2) is 0 Å². The Morgan fingerprint density at radius 1 is 1.62 bits per heavy atom. The van der Waals surface area contributed by atoms with Crippen molar-refractivity contribution in [3.63, 3.8) is 0 Å². The maximum Gasteiger partial charge on any atom is 0.410 e. The summed E-state index contributed by atoms with van der Waals surface area (Å²) in [5, 5.41) is 9.17. The number of rotatable bonds is 1. The minimum absolute atomic E-state index is 0.00764. The molecule has 1 aliphatic rings. The van der Waals surface area contributed by atoms with Crippen molar-refractivity contribution in [1.82, 2.24) is 4.90 Å². The summed E-state index contributed by atoms with van der Waals surface area (Å²) >= 11 is 0. The van der Waals surface area contributed by atoms with E-state index in [0.717, 1.165) is 0 Å². The molecule has 0 saturated carbocycles. The summed E-state index contributed by atoms with van der Waals surface area (Å²) in [6.45, 7) is 8.19. The van der Waals surface area contributed by atoms with Crippen molar-refractivity contribution >= 4 is 6.09 Å². The summed E-state index contributed by atoms with van der Waals surface area (Å²) in [4.78, 5) is 13.3. The van der Waals surface area contributed by atoms with E-state index in [2.05, 4.69) is 0 Å². The van der Waals surface area contributed by atoms with Crippen LogP contribution in [0.5, 0.6) is 0 Å². The van der Waals surface area contributed by atoms with E-state index >= 15 is 0 Å². The second kappa shape index (κ2) is 4.22. The molecule has 16 heavy (non-hydrogen) atoms. The van der Waals surface area contributed by atoms with Crippen LogP contribution in [0.25, 0.3) is 0 Å². The molecule has 1 amide bonds. The number of nitrogens with two attached hydrogens (primary N) is 1. The van der Waals surface area contributed by atoms with E-state index in [-0.39, 0.29) is 18.6 Å². The zero-order valence-electron chi connectivity index (χ0n) is 10.5. The highest BCUT2D eigenvalue weighted by atomic mass is 16.6. The van der Waals surface area contributed by atoms with Crippen molar-refractivity contribution in [3.05, 3.63) is 0 Å². The molecule has 0 aromatic heterocycles. The van der Waals surface area contributed by atoms with Crippen LogP contribution in [0.1, 0.15) is 27.7 Å². The third kappa shape index (κ3) is 3.09. The van der Waals surface area contributed by atoms with Gasteiger partial charge in [-0.2, -0.15) is 0 Å². The number of likely N-dealkylation sites (tertiary alicyclic amines) is 1. The van der Waals surface area contributed by atoms with Crippen LogP contribution in [0.3, 0.4) is 0 Å². The van der Waals surface area contributed by atoms with Gasteiger partial charge in [-0.1, -0.05) is 0 Å². The molecule has 0 aromatic carbocycles. The summed E-state index contributed by atoms with van der Waals surface area (Å²) < 4.78 is 5.26. The smallest absolute Gasteiger partial charge is 0.410 e. The van der Waals surface area contributed by atoms with Gasteiger partial charge in [0, 0.05) is 31.2 Å².